The van der Waals surface area contributed by atoms with Crippen LogP contribution in [0.1, 0.15) is 34.1 Å². The van der Waals surface area contributed by atoms with E-state index in [4.69, 9.17) is 32.7 Å². The lowest BCUT2D eigenvalue weighted by atomic mass is 9.98. The third-order valence-electron chi connectivity index (χ3n) is 4.54. The fourth-order valence-electron chi connectivity index (χ4n) is 3.02. The van der Waals surface area contributed by atoms with Gasteiger partial charge in [-0.3, -0.25) is 9.59 Å². The van der Waals surface area contributed by atoms with Crippen LogP contribution in [0.5, 0.6) is 0 Å². The quantitative estimate of drug-likeness (QED) is 0.306. The number of alkyl halides is 2. The number of nitrogens with one attached hydrogen (secondary N) is 2. The van der Waals surface area contributed by atoms with Crippen molar-refractivity contribution in [3.05, 3.63) is 24.3 Å². The molecule has 1 unspecified atom stereocenters. The average molecular weight is 490 g/mol. The van der Waals surface area contributed by atoms with Crippen molar-refractivity contribution in [2.24, 2.45) is 0 Å². The number of nitrogens with zero attached hydrogens (tertiary/aromatic N) is 1. The second-order valence-electron chi connectivity index (χ2n) is 7.55. The van der Waals surface area contributed by atoms with E-state index in [-0.39, 0.29) is 13.0 Å². The van der Waals surface area contributed by atoms with Gasteiger partial charge in [0.05, 0.1) is 13.0 Å². The van der Waals surface area contributed by atoms with Crippen molar-refractivity contribution in [2.75, 3.05) is 48.2 Å². The fraction of sp³-hybridized carbons (Fsp3) is 0.591. The molecule has 0 aromatic heterocycles. The van der Waals surface area contributed by atoms with Crippen molar-refractivity contribution in [3.8, 4) is 0 Å². The van der Waals surface area contributed by atoms with Crippen LogP contribution in [-0.4, -0.2) is 67.5 Å². The first kappa shape index (κ1) is 27.8. The van der Waals surface area contributed by atoms with Crippen molar-refractivity contribution in [1.82, 2.24) is 5.32 Å². The third kappa shape index (κ3) is 9.53. The van der Waals surface area contributed by atoms with E-state index in [0.29, 0.717) is 31.4 Å². The van der Waals surface area contributed by atoms with Gasteiger partial charge in [0, 0.05) is 49.7 Å². The molecule has 0 saturated carbocycles. The van der Waals surface area contributed by atoms with Gasteiger partial charge in [-0.25, -0.2) is 4.79 Å². The molecule has 0 saturated heterocycles. The molecule has 1 atom stereocenters. The van der Waals surface area contributed by atoms with Crippen LogP contribution in [0.15, 0.2) is 24.3 Å². The van der Waals surface area contributed by atoms with Gasteiger partial charge in [0.25, 0.3) is 0 Å². The molecule has 1 amide bonds. The number of carbonyl (C=O) groups excluding carboxylic acids is 3. The summed E-state index contributed by atoms with van der Waals surface area (Å²) in [6, 6.07) is 6.63. The summed E-state index contributed by atoms with van der Waals surface area (Å²) < 4.78 is 10.5. The molecule has 2 N–H and O–H groups in total. The fourth-order valence-corrected chi connectivity index (χ4v) is 3.43. The van der Waals surface area contributed by atoms with Crippen LogP contribution in [0.4, 0.5) is 11.4 Å². The molecule has 32 heavy (non-hydrogen) atoms. The summed E-state index contributed by atoms with van der Waals surface area (Å²) >= 11 is 11.7. The summed E-state index contributed by atoms with van der Waals surface area (Å²) in [5.41, 5.74) is 0.589. The number of hydrogen-bond acceptors (Lipinski definition) is 7. The van der Waals surface area contributed by atoms with Crippen LogP contribution in [0.2, 0.25) is 0 Å². The molecule has 0 aliphatic heterocycles. The van der Waals surface area contributed by atoms with Crippen molar-refractivity contribution < 1.29 is 23.9 Å². The van der Waals surface area contributed by atoms with E-state index in [9.17, 15) is 14.4 Å². The highest BCUT2D eigenvalue weighted by atomic mass is 35.5. The minimum absolute atomic E-state index is 0.0748. The van der Waals surface area contributed by atoms with E-state index < -0.39 is 29.5 Å². The van der Waals surface area contributed by atoms with Crippen molar-refractivity contribution in [3.63, 3.8) is 0 Å². The van der Waals surface area contributed by atoms with Crippen LogP contribution in [0.3, 0.4) is 0 Å². The molecule has 0 aliphatic carbocycles. The van der Waals surface area contributed by atoms with Crippen LogP contribution in [0.25, 0.3) is 0 Å². The predicted octanol–water partition coefficient (Wildman–Crippen LogP) is 3.16. The van der Waals surface area contributed by atoms with Crippen molar-refractivity contribution >= 4 is 52.4 Å². The van der Waals surface area contributed by atoms with Gasteiger partial charge in [-0.2, -0.15) is 0 Å². The number of rotatable bonds is 14. The summed E-state index contributed by atoms with van der Waals surface area (Å²) in [5, 5.41) is 5.66. The van der Waals surface area contributed by atoms with E-state index in [1.807, 2.05) is 24.3 Å². The number of benzene rings is 1. The number of carbonyl (C=O) groups is 3. The number of anilines is 2. The first-order chi connectivity index (χ1) is 15.1. The molecule has 0 radical (unpaired) electrons. The Balaban J connectivity index is 2.62. The highest BCUT2D eigenvalue weighted by Gasteiger charge is 2.40. The summed E-state index contributed by atoms with van der Waals surface area (Å²) in [4.78, 5) is 38.1. The number of hydrogen-bond donors (Lipinski definition) is 2. The smallest absolute Gasteiger partial charge is 0.332 e. The molecule has 0 heterocycles. The Morgan fingerprint density at radius 2 is 1.69 bits per heavy atom. The standard InChI is InChI=1S/C22H33Cl2N3O5/c1-5-31-21(30)20(26-16(2)28)22(3,4)32-19(29)10-13-25-17-6-8-18(9-7-17)27(14-11-23)15-12-24/h6-9,20,25H,5,10-15H2,1-4H3,(H,26,28). The Bertz CT molecular complexity index is 738. The molecule has 0 bridgehead atoms. The zero-order valence-corrected chi connectivity index (χ0v) is 20.6. The summed E-state index contributed by atoms with van der Waals surface area (Å²) in [5.74, 6) is -0.568. The second-order valence-corrected chi connectivity index (χ2v) is 8.31. The highest BCUT2D eigenvalue weighted by Crippen LogP contribution is 2.20. The molecular weight excluding hydrogens is 457 g/mol. The van der Waals surface area contributed by atoms with Gasteiger partial charge >= 0.3 is 11.9 Å². The van der Waals surface area contributed by atoms with E-state index >= 15 is 0 Å². The third-order valence-corrected chi connectivity index (χ3v) is 4.88. The Hall–Kier alpha value is -2.19. The first-order valence-corrected chi connectivity index (χ1v) is 11.6. The second kappa shape index (κ2) is 14.1. The van der Waals surface area contributed by atoms with Gasteiger partial charge in [0.1, 0.15) is 5.60 Å². The zero-order chi connectivity index (χ0) is 24.1. The minimum Gasteiger partial charge on any atom is -0.464 e. The van der Waals surface area contributed by atoms with Crippen molar-refractivity contribution in [2.45, 2.75) is 45.8 Å². The van der Waals surface area contributed by atoms with Gasteiger partial charge in [-0.15, -0.1) is 23.2 Å². The van der Waals surface area contributed by atoms with Gasteiger partial charge in [0.2, 0.25) is 5.91 Å². The summed E-state index contributed by atoms with van der Waals surface area (Å²) in [6.07, 6.45) is 0.0748. The molecule has 0 fully saturated rings. The molecule has 1 rings (SSSR count). The lowest BCUT2D eigenvalue weighted by Crippen LogP contribution is -2.56. The number of halogens is 2. The molecule has 0 spiro atoms. The molecule has 1 aromatic carbocycles. The summed E-state index contributed by atoms with van der Waals surface area (Å²) in [6.45, 7) is 7.95. The molecule has 0 aliphatic rings. The molecular formula is C22H33Cl2N3O5. The monoisotopic (exact) mass is 489 g/mol. The molecule has 180 valence electrons. The lowest BCUT2D eigenvalue weighted by molar-refractivity contribution is -0.168. The Morgan fingerprint density at radius 1 is 1.09 bits per heavy atom. The topological polar surface area (TPSA) is 97.0 Å². The Kier molecular flexibility index (Phi) is 12.2. The van der Waals surface area contributed by atoms with Gasteiger partial charge in [-0.1, -0.05) is 0 Å². The van der Waals surface area contributed by atoms with Crippen LogP contribution in [0, 0.1) is 0 Å². The highest BCUT2D eigenvalue weighted by molar-refractivity contribution is 6.18. The van der Waals surface area contributed by atoms with E-state index in [1.165, 1.54) is 6.92 Å². The minimum atomic E-state index is -1.27. The number of amides is 1. The number of ether oxygens (including phenoxy) is 2. The maximum Gasteiger partial charge on any atom is 0.332 e. The van der Waals surface area contributed by atoms with E-state index in [0.717, 1.165) is 11.4 Å². The maximum absolute atomic E-state index is 12.3. The van der Waals surface area contributed by atoms with Crippen LogP contribution >= 0.6 is 23.2 Å². The SMILES string of the molecule is CCOC(=O)C(NC(C)=O)C(C)(C)OC(=O)CCNc1ccc(N(CCCl)CCCl)cc1. The molecule has 1 aromatic rings. The maximum atomic E-state index is 12.3. The zero-order valence-electron chi connectivity index (χ0n) is 19.1. The molecule has 10 heteroatoms. The van der Waals surface area contributed by atoms with E-state index in [1.54, 1.807) is 20.8 Å². The van der Waals surface area contributed by atoms with Crippen molar-refractivity contribution in [1.29, 1.82) is 0 Å². The van der Waals surface area contributed by atoms with Gasteiger partial charge in [0.15, 0.2) is 6.04 Å². The number of esters is 2. The summed E-state index contributed by atoms with van der Waals surface area (Å²) in [7, 11) is 0. The van der Waals surface area contributed by atoms with Gasteiger partial charge < -0.3 is 25.0 Å². The molecule has 8 nitrogen and oxygen atoms in total. The first-order valence-electron chi connectivity index (χ1n) is 10.5. The van der Waals surface area contributed by atoms with E-state index in [2.05, 4.69) is 15.5 Å². The van der Waals surface area contributed by atoms with Crippen LogP contribution in [-0.2, 0) is 23.9 Å². The lowest BCUT2D eigenvalue weighted by Gasteiger charge is -2.32. The van der Waals surface area contributed by atoms with Crippen LogP contribution < -0.4 is 15.5 Å². The predicted molar refractivity (Wildman–Crippen MR) is 128 cm³/mol. The Labute approximate surface area is 199 Å². The average Bonchev–Trinajstić information content (AvgIpc) is 2.72. The normalized spacial score (nSPS) is 11.9. The van der Waals surface area contributed by atoms with Gasteiger partial charge in [-0.05, 0) is 45.0 Å². The Morgan fingerprint density at radius 3 is 2.19 bits per heavy atom. The largest absolute Gasteiger partial charge is 0.464 e.